The molecule has 140 valence electrons. The number of carbonyl (C=O) groups is 3. The minimum Gasteiger partial charge on any atom is -0.339 e. The summed E-state index contributed by atoms with van der Waals surface area (Å²) in [4.78, 5) is 42.1. The maximum Gasteiger partial charge on any atom is 0.253 e. The van der Waals surface area contributed by atoms with Gasteiger partial charge < -0.3 is 4.90 Å². The van der Waals surface area contributed by atoms with Crippen molar-refractivity contribution in [3.8, 4) is 0 Å². The second kappa shape index (κ2) is 6.32. The van der Waals surface area contributed by atoms with Crippen molar-refractivity contribution in [2.45, 2.75) is 32.1 Å². The second-order valence-electron chi connectivity index (χ2n) is 8.27. The first-order chi connectivity index (χ1) is 13.1. The normalized spacial score (nSPS) is 32.1. The van der Waals surface area contributed by atoms with Crippen LogP contribution < -0.4 is 4.90 Å². The molecular formula is C22H24N2O3. The number of benzene rings is 1. The zero-order valence-corrected chi connectivity index (χ0v) is 15.3. The average Bonchev–Trinajstić information content (AvgIpc) is 3.28. The molecule has 2 saturated heterocycles. The number of hydrogen-bond acceptors (Lipinski definition) is 3. The van der Waals surface area contributed by atoms with Crippen LogP contribution in [0.1, 0.15) is 42.5 Å². The van der Waals surface area contributed by atoms with E-state index < -0.39 is 0 Å². The second-order valence-corrected chi connectivity index (χ2v) is 8.27. The molecule has 4 atom stereocenters. The van der Waals surface area contributed by atoms with Crippen molar-refractivity contribution in [1.82, 2.24) is 4.90 Å². The number of rotatable bonds is 2. The van der Waals surface area contributed by atoms with Gasteiger partial charge in [-0.2, -0.15) is 0 Å². The van der Waals surface area contributed by atoms with Gasteiger partial charge in [-0.1, -0.05) is 31.1 Å². The van der Waals surface area contributed by atoms with Crippen LogP contribution in [-0.4, -0.2) is 35.7 Å². The van der Waals surface area contributed by atoms with Crippen LogP contribution in [0.5, 0.6) is 0 Å². The molecule has 0 aromatic heterocycles. The standard InChI is InChI=1S/C22H24N2O3/c25-20(23-10-3-1-2-4-11-23)16-6-5-7-17(13-16)24-21(26)18-14-8-9-15(12-14)19(18)22(24)27/h5-9,13-15,18-19H,1-4,10-12H2/t14-,15-,18+,19+/m0/s1. The van der Waals surface area contributed by atoms with Gasteiger partial charge in [-0.25, -0.2) is 4.90 Å². The molecule has 5 nitrogen and oxygen atoms in total. The molecule has 0 radical (unpaired) electrons. The number of hydrogen-bond donors (Lipinski definition) is 0. The zero-order chi connectivity index (χ0) is 18.5. The van der Waals surface area contributed by atoms with Crippen molar-refractivity contribution in [2.24, 2.45) is 23.7 Å². The Balaban J connectivity index is 1.42. The third-order valence-corrected chi connectivity index (χ3v) is 6.71. The summed E-state index contributed by atoms with van der Waals surface area (Å²) in [5, 5.41) is 0. The molecule has 0 unspecified atom stereocenters. The summed E-state index contributed by atoms with van der Waals surface area (Å²) in [6.45, 7) is 1.56. The van der Waals surface area contributed by atoms with Crippen LogP contribution in [0.3, 0.4) is 0 Å². The third kappa shape index (κ3) is 2.55. The Hall–Kier alpha value is -2.43. The lowest BCUT2D eigenvalue weighted by Gasteiger charge is -2.22. The molecule has 2 aliphatic carbocycles. The van der Waals surface area contributed by atoms with E-state index in [1.165, 1.54) is 17.7 Å². The van der Waals surface area contributed by atoms with Gasteiger partial charge in [0.25, 0.3) is 5.91 Å². The van der Waals surface area contributed by atoms with Crippen molar-refractivity contribution in [3.63, 3.8) is 0 Å². The number of nitrogens with zero attached hydrogens (tertiary/aromatic N) is 2. The highest BCUT2D eigenvalue weighted by molar-refractivity contribution is 6.23. The number of allylic oxidation sites excluding steroid dienone is 2. The molecule has 1 aromatic carbocycles. The van der Waals surface area contributed by atoms with Crippen LogP contribution in [0, 0.1) is 23.7 Å². The molecule has 2 aliphatic heterocycles. The summed E-state index contributed by atoms with van der Waals surface area (Å²) in [6, 6.07) is 7.06. The zero-order valence-electron chi connectivity index (χ0n) is 15.3. The van der Waals surface area contributed by atoms with Gasteiger partial charge in [0.2, 0.25) is 11.8 Å². The molecule has 1 aromatic rings. The quantitative estimate of drug-likeness (QED) is 0.599. The average molecular weight is 364 g/mol. The third-order valence-electron chi connectivity index (χ3n) is 6.71. The molecule has 27 heavy (non-hydrogen) atoms. The summed E-state index contributed by atoms with van der Waals surface area (Å²) < 4.78 is 0. The molecule has 5 heteroatoms. The molecule has 1 saturated carbocycles. The lowest BCUT2D eigenvalue weighted by atomic mass is 9.85. The van der Waals surface area contributed by atoms with Crippen LogP contribution >= 0.6 is 0 Å². The molecule has 0 N–H and O–H groups in total. The highest BCUT2D eigenvalue weighted by Crippen LogP contribution is 2.53. The number of imide groups is 1. The van der Waals surface area contributed by atoms with Gasteiger partial charge in [0.05, 0.1) is 17.5 Å². The van der Waals surface area contributed by atoms with Crippen molar-refractivity contribution in [2.75, 3.05) is 18.0 Å². The van der Waals surface area contributed by atoms with Crippen molar-refractivity contribution < 1.29 is 14.4 Å². The van der Waals surface area contributed by atoms with Gasteiger partial charge in [0, 0.05) is 18.7 Å². The fourth-order valence-corrected chi connectivity index (χ4v) is 5.39. The van der Waals surface area contributed by atoms with Crippen molar-refractivity contribution in [1.29, 1.82) is 0 Å². The molecule has 2 bridgehead atoms. The molecule has 3 amide bonds. The minimum absolute atomic E-state index is 0.000208. The molecule has 2 heterocycles. The maximum absolute atomic E-state index is 13.0. The van der Waals surface area contributed by atoms with Gasteiger partial charge in [0.1, 0.15) is 0 Å². The first kappa shape index (κ1) is 16.7. The Bertz CT molecular complexity index is 808. The van der Waals surface area contributed by atoms with Crippen LogP contribution in [0.4, 0.5) is 5.69 Å². The van der Waals surface area contributed by atoms with Crippen molar-refractivity contribution >= 4 is 23.4 Å². The van der Waals surface area contributed by atoms with Gasteiger partial charge >= 0.3 is 0 Å². The van der Waals surface area contributed by atoms with E-state index in [0.29, 0.717) is 11.3 Å². The highest BCUT2D eigenvalue weighted by Gasteiger charge is 2.59. The highest BCUT2D eigenvalue weighted by atomic mass is 16.2. The molecule has 0 spiro atoms. The van der Waals surface area contributed by atoms with Crippen LogP contribution in [0.25, 0.3) is 0 Å². The summed E-state index contributed by atoms with van der Waals surface area (Å²) in [6.07, 6.45) is 9.52. The Labute approximate surface area is 159 Å². The fraction of sp³-hybridized carbons (Fsp3) is 0.500. The summed E-state index contributed by atoms with van der Waals surface area (Å²) in [7, 11) is 0. The number of amides is 3. The number of carbonyl (C=O) groups excluding carboxylic acids is 3. The summed E-state index contributed by atoms with van der Waals surface area (Å²) in [5.41, 5.74) is 1.10. The Kier molecular flexibility index (Phi) is 3.92. The minimum atomic E-state index is -0.211. The van der Waals surface area contributed by atoms with E-state index in [-0.39, 0.29) is 41.4 Å². The maximum atomic E-state index is 13.0. The van der Waals surface area contributed by atoms with E-state index in [9.17, 15) is 14.4 Å². The predicted octanol–water partition coefficient (Wildman–Crippen LogP) is 3.01. The van der Waals surface area contributed by atoms with Crippen LogP contribution in [0.15, 0.2) is 36.4 Å². The summed E-state index contributed by atoms with van der Waals surface area (Å²) in [5.74, 6) is -0.219. The monoisotopic (exact) mass is 364 g/mol. The number of likely N-dealkylation sites (tertiary alicyclic amines) is 1. The SMILES string of the molecule is O=C(c1cccc(N2C(=O)[C@H]3[C@H](C2=O)[C@H]2C=C[C@H]3C2)c1)N1CCCCCC1. The van der Waals surface area contributed by atoms with E-state index in [1.54, 1.807) is 24.3 Å². The topological polar surface area (TPSA) is 57.7 Å². The van der Waals surface area contributed by atoms with Gasteiger partial charge in [-0.15, -0.1) is 0 Å². The molecule has 5 rings (SSSR count). The van der Waals surface area contributed by atoms with Crippen LogP contribution in [-0.2, 0) is 9.59 Å². The van der Waals surface area contributed by atoms with Gasteiger partial charge in [0.15, 0.2) is 0 Å². The van der Waals surface area contributed by atoms with Crippen LogP contribution in [0.2, 0.25) is 0 Å². The molecule has 3 fully saturated rings. The van der Waals surface area contributed by atoms with Gasteiger partial charge in [-0.05, 0) is 49.3 Å². The first-order valence-electron chi connectivity index (χ1n) is 10.1. The predicted molar refractivity (Wildman–Crippen MR) is 101 cm³/mol. The van der Waals surface area contributed by atoms with Gasteiger partial charge in [-0.3, -0.25) is 14.4 Å². The fourth-order valence-electron chi connectivity index (χ4n) is 5.39. The lowest BCUT2D eigenvalue weighted by Crippen LogP contribution is -2.34. The largest absolute Gasteiger partial charge is 0.339 e. The van der Waals surface area contributed by atoms with E-state index in [4.69, 9.17) is 0 Å². The smallest absolute Gasteiger partial charge is 0.253 e. The number of anilines is 1. The van der Waals surface area contributed by atoms with E-state index >= 15 is 0 Å². The van der Waals surface area contributed by atoms with E-state index in [1.807, 2.05) is 4.90 Å². The molecular weight excluding hydrogens is 340 g/mol. The Morgan fingerprint density at radius 2 is 1.52 bits per heavy atom. The Morgan fingerprint density at radius 1 is 0.889 bits per heavy atom. The van der Waals surface area contributed by atoms with E-state index in [2.05, 4.69) is 12.2 Å². The van der Waals surface area contributed by atoms with Crippen molar-refractivity contribution in [3.05, 3.63) is 42.0 Å². The Morgan fingerprint density at radius 3 is 2.15 bits per heavy atom. The molecule has 4 aliphatic rings. The lowest BCUT2D eigenvalue weighted by molar-refractivity contribution is -0.123. The van der Waals surface area contributed by atoms with E-state index in [0.717, 1.165) is 32.4 Å². The number of fused-ring (bicyclic) bond motifs is 5. The first-order valence-corrected chi connectivity index (χ1v) is 10.1. The summed E-state index contributed by atoms with van der Waals surface area (Å²) >= 11 is 0.